The van der Waals surface area contributed by atoms with Crippen LogP contribution in [-0.4, -0.2) is 57.0 Å². The molecule has 40 heavy (non-hydrogen) atoms. The number of aromatic nitrogens is 2. The van der Waals surface area contributed by atoms with Gasteiger partial charge in [-0.2, -0.15) is 5.10 Å². The second-order valence-corrected chi connectivity index (χ2v) is 14.1. The molecule has 7 atom stereocenters. The molecular weight excluding hydrogens is 547 g/mol. The highest BCUT2D eigenvalue weighted by Crippen LogP contribution is 2.68. The predicted octanol–water partition coefficient (Wildman–Crippen LogP) is 6.10. The first-order chi connectivity index (χ1) is 19.2. The maximum atomic E-state index is 13.6. The summed E-state index contributed by atoms with van der Waals surface area (Å²) in [6.07, 6.45) is 12.3. The number of aliphatic hydroxyl groups excluding tert-OH is 1. The quantitative estimate of drug-likeness (QED) is 0.310. The van der Waals surface area contributed by atoms with E-state index in [-0.39, 0.29) is 35.0 Å². The number of carbonyl (C=O) groups excluding carboxylic acids is 1. The fourth-order valence-electron chi connectivity index (χ4n) is 8.98. The van der Waals surface area contributed by atoms with Gasteiger partial charge >= 0.3 is 5.97 Å². The highest BCUT2D eigenvalue weighted by molar-refractivity contribution is 7.98. The van der Waals surface area contributed by atoms with Crippen LogP contribution in [0.3, 0.4) is 0 Å². The Morgan fingerprint density at radius 1 is 1.18 bits per heavy atom. The molecule has 0 bridgehead atoms. The standard InChI is InChI=1S/C31H39FN2O4S2/c1-29-14-19-16-33-34(22-8-6-21(32)7-9-22)25(19)13-20(29)5-10-23-24-11-12-31(38-18-40-4,28(36)37-17-39-3)30(24,2)15-26(35)27(23)29/h6-9,13,16,23-24,26-27,35H,5,10-12,14-15,17-18H2,1-4H3/t23?,24-,26?,27+,29?,30?,31?/m0/s1. The van der Waals surface area contributed by atoms with Gasteiger partial charge in [0, 0.05) is 5.41 Å². The van der Waals surface area contributed by atoms with Crippen molar-refractivity contribution in [2.24, 2.45) is 28.6 Å². The summed E-state index contributed by atoms with van der Waals surface area (Å²) in [7, 11) is 0. The van der Waals surface area contributed by atoms with Gasteiger partial charge in [0.05, 0.1) is 29.6 Å². The summed E-state index contributed by atoms with van der Waals surface area (Å²) in [5, 5.41) is 16.7. The largest absolute Gasteiger partial charge is 0.452 e. The normalized spacial score (nSPS) is 36.2. The molecule has 4 aliphatic rings. The number of benzene rings is 1. The summed E-state index contributed by atoms with van der Waals surface area (Å²) in [6, 6.07) is 6.44. The maximum absolute atomic E-state index is 13.6. The van der Waals surface area contributed by atoms with Gasteiger partial charge in [0.15, 0.2) is 5.60 Å². The van der Waals surface area contributed by atoms with Crippen LogP contribution in [0.25, 0.3) is 11.8 Å². The number of esters is 1. The van der Waals surface area contributed by atoms with Gasteiger partial charge in [-0.25, -0.2) is 13.9 Å². The third-order valence-corrected chi connectivity index (χ3v) is 11.4. The molecule has 3 saturated carbocycles. The molecule has 0 saturated heterocycles. The average molecular weight is 587 g/mol. The lowest BCUT2D eigenvalue weighted by Crippen LogP contribution is -2.62. The van der Waals surface area contributed by atoms with Gasteiger partial charge in [-0.05, 0) is 110 Å². The Morgan fingerprint density at radius 2 is 1.93 bits per heavy atom. The molecule has 9 heteroatoms. The third-order valence-electron chi connectivity index (χ3n) is 10.7. The van der Waals surface area contributed by atoms with Crippen LogP contribution in [0, 0.1) is 34.4 Å². The third kappa shape index (κ3) is 4.13. The van der Waals surface area contributed by atoms with Crippen LogP contribution in [0.15, 0.2) is 36.0 Å². The number of halogens is 1. The van der Waals surface area contributed by atoms with Crippen molar-refractivity contribution in [3.05, 3.63) is 53.1 Å². The molecule has 0 aliphatic heterocycles. The van der Waals surface area contributed by atoms with Gasteiger partial charge in [-0.15, -0.1) is 23.5 Å². The minimum atomic E-state index is -1.03. The van der Waals surface area contributed by atoms with Crippen molar-refractivity contribution < 1.29 is 23.8 Å². The molecule has 4 aliphatic carbocycles. The monoisotopic (exact) mass is 586 g/mol. The Bertz CT molecular complexity index is 1310. The Labute approximate surface area is 244 Å². The Balaban J connectivity index is 1.33. The topological polar surface area (TPSA) is 73.6 Å². The summed E-state index contributed by atoms with van der Waals surface area (Å²) in [4.78, 5) is 13.6. The smallest absolute Gasteiger partial charge is 0.339 e. The van der Waals surface area contributed by atoms with Crippen LogP contribution in [0.5, 0.6) is 0 Å². The van der Waals surface area contributed by atoms with Crippen molar-refractivity contribution in [1.82, 2.24) is 9.78 Å². The Kier molecular flexibility index (Phi) is 7.42. The van der Waals surface area contributed by atoms with E-state index >= 15 is 0 Å². The fourth-order valence-corrected chi connectivity index (χ4v) is 9.52. The summed E-state index contributed by atoms with van der Waals surface area (Å²) in [5.74, 6) is 0.838. The van der Waals surface area contributed by atoms with E-state index in [4.69, 9.17) is 9.47 Å². The first-order valence-electron chi connectivity index (χ1n) is 14.2. The fraction of sp³-hybridized carbons (Fsp3) is 0.613. The van der Waals surface area contributed by atoms with Gasteiger partial charge in [-0.1, -0.05) is 19.4 Å². The van der Waals surface area contributed by atoms with E-state index < -0.39 is 17.1 Å². The number of rotatable bonds is 7. The molecule has 1 aromatic heterocycles. The van der Waals surface area contributed by atoms with Crippen molar-refractivity contribution in [3.8, 4) is 5.69 Å². The van der Waals surface area contributed by atoms with Crippen LogP contribution in [-0.2, 0) is 20.7 Å². The Hall–Kier alpha value is -1.81. The van der Waals surface area contributed by atoms with Gasteiger partial charge in [0.1, 0.15) is 11.8 Å². The molecule has 2 aromatic rings. The molecule has 1 N–H and O–H groups in total. The molecule has 6 rings (SSSR count). The van der Waals surface area contributed by atoms with E-state index in [1.807, 2.05) is 23.4 Å². The zero-order valence-corrected chi connectivity index (χ0v) is 25.3. The van der Waals surface area contributed by atoms with Crippen molar-refractivity contribution >= 4 is 35.6 Å². The van der Waals surface area contributed by atoms with Crippen LogP contribution < -0.4 is 0 Å². The first-order valence-corrected chi connectivity index (χ1v) is 17.0. The van der Waals surface area contributed by atoms with Crippen molar-refractivity contribution in [2.45, 2.75) is 64.1 Å². The zero-order chi connectivity index (χ0) is 28.3. The zero-order valence-electron chi connectivity index (χ0n) is 23.7. The number of hydrogen-bond acceptors (Lipinski definition) is 7. The summed E-state index contributed by atoms with van der Waals surface area (Å²) in [5.41, 5.74) is 2.68. The lowest BCUT2D eigenvalue weighted by atomic mass is 9.45. The van der Waals surface area contributed by atoms with Crippen LogP contribution in [0.4, 0.5) is 4.39 Å². The molecule has 0 amide bonds. The molecule has 0 spiro atoms. The van der Waals surface area contributed by atoms with Crippen molar-refractivity contribution in [3.63, 3.8) is 0 Å². The average Bonchev–Trinajstić information content (AvgIpc) is 3.46. The molecule has 1 aromatic carbocycles. The van der Waals surface area contributed by atoms with Crippen LogP contribution >= 0.6 is 23.5 Å². The van der Waals surface area contributed by atoms with Gasteiger partial charge in [0.25, 0.3) is 0 Å². The first kappa shape index (κ1) is 28.3. The van der Waals surface area contributed by atoms with Gasteiger partial charge in [0.2, 0.25) is 0 Å². The minimum Gasteiger partial charge on any atom is -0.452 e. The molecule has 216 valence electrons. The molecular formula is C31H39FN2O4S2. The SMILES string of the molecule is CSCOC(=O)C1(OCSC)CC[C@H]2C3CCC4=Cc5c(cnn5-c5ccc(F)cc5)CC4(C)[C@H]3C(O)CC21C. The van der Waals surface area contributed by atoms with Gasteiger partial charge in [-0.3, -0.25) is 0 Å². The second-order valence-electron chi connectivity index (χ2n) is 12.5. The minimum absolute atomic E-state index is 0.0893. The second kappa shape index (κ2) is 10.5. The van der Waals surface area contributed by atoms with Gasteiger partial charge < -0.3 is 14.6 Å². The molecule has 1 heterocycles. The molecule has 6 nitrogen and oxygen atoms in total. The van der Waals surface area contributed by atoms with Crippen molar-refractivity contribution in [2.75, 3.05) is 24.4 Å². The highest BCUT2D eigenvalue weighted by atomic mass is 32.2. The number of fused-ring (bicyclic) bond motifs is 6. The molecule has 0 radical (unpaired) electrons. The molecule has 3 fully saturated rings. The lowest BCUT2D eigenvalue weighted by Gasteiger charge is -2.60. The number of thioether (sulfide) groups is 2. The summed E-state index contributed by atoms with van der Waals surface area (Å²) >= 11 is 3.05. The summed E-state index contributed by atoms with van der Waals surface area (Å²) in [6.45, 7) is 4.49. The van der Waals surface area contributed by atoms with E-state index in [2.05, 4.69) is 25.0 Å². The number of hydrogen-bond donors (Lipinski definition) is 1. The van der Waals surface area contributed by atoms with Crippen molar-refractivity contribution in [1.29, 1.82) is 0 Å². The maximum Gasteiger partial charge on any atom is 0.339 e. The predicted molar refractivity (Wildman–Crippen MR) is 158 cm³/mol. The number of ether oxygens (including phenoxy) is 2. The van der Waals surface area contributed by atoms with Crippen LogP contribution in [0.2, 0.25) is 0 Å². The van der Waals surface area contributed by atoms with Crippen LogP contribution in [0.1, 0.15) is 57.2 Å². The van der Waals surface area contributed by atoms with E-state index in [9.17, 15) is 14.3 Å². The van der Waals surface area contributed by atoms with E-state index in [1.54, 1.807) is 23.9 Å². The number of aliphatic hydroxyl groups is 1. The molecule has 5 unspecified atom stereocenters. The Morgan fingerprint density at radius 3 is 2.65 bits per heavy atom. The highest BCUT2D eigenvalue weighted by Gasteiger charge is 2.70. The summed E-state index contributed by atoms with van der Waals surface area (Å²) < 4.78 is 27.6. The lowest BCUT2D eigenvalue weighted by molar-refractivity contribution is -0.205. The number of carbonyl (C=O) groups is 1. The number of nitrogens with zero attached hydrogens (tertiary/aromatic N) is 2. The van der Waals surface area contributed by atoms with E-state index in [1.165, 1.54) is 29.5 Å². The van der Waals surface area contributed by atoms with E-state index in [0.717, 1.165) is 42.6 Å². The van der Waals surface area contributed by atoms with E-state index in [0.29, 0.717) is 24.7 Å². The number of allylic oxidation sites excluding steroid dienone is 1.